The van der Waals surface area contributed by atoms with Gasteiger partial charge in [-0.1, -0.05) is 20.8 Å². The molecule has 144 valence electrons. The molecule has 0 fully saturated rings. The highest BCUT2D eigenvalue weighted by molar-refractivity contribution is 6.38. The summed E-state index contributed by atoms with van der Waals surface area (Å²) in [5, 5.41) is 7.61. The normalized spacial score (nSPS) is 13.0. The predicted octanol–water partition coefficient (Wildman–Crippen LogP) is 1.02. The number of ketones is 1. The molecule has 0 aliphatic carbocycles. The zero-order chi connectivity index (χ0) is 19.7. The summed E-state index contributed by atoms with van der Waals surface area (Å²) < 4.78 is 5.03. The first kappa shape index (κ1) is 21.4. The Kier molecular flexibility index (Phi) is 8.54. The first-order valence-corrected chi connectivity index (χ1v) is 8.76. The van der Waals surface area contributed by atoms with Crippen LogP contribution in [-0.4, -0.2) is 42.1 Å². The summed E-state index contributed by atoms with van der Waals surface area (Å²) in [5.74, 6) is -2.25. The van der Waals surface area contributed by atoms with Gasteiger partial charge < -0.3 is 20.4 Å². The molecule has 3 N–H and O–H groups in total. The molecular formula is C18H27N3O5. The maximum atomic E-state index is 12.6. The van der Waals surface area contributed by atoms with Crippen LogP contribution in [-0.2, 0) is 14.4 Å². The Balaban J connectivity index is 2.82. The molecule has 1 unspecified atom stereocenters. The third-order valence-electron chi connectivity index (χ3n) is 3.68. The minimum absolute atomic E-state index is 0.0944. The van der Waals surface area contributed by atoms with Crippen molar-refractivity contribution in [3.8, 4) is 0 Å². The van der Waals surface area contributed by atoms with Crippen molar-refractivity contribution in [2.45, 2.75) is 52.6 Å². The molecule has 8 heteroatoms. The highest BCUT2D eigenvalue weighted by atomic mass is 16.3. The number of amides is 3. The van der Waals surface area contributed by atoms with Crippen molar-refractivity contribution in [3.05, 3.63) is 24.2 Å². The smallest absolute Gasteiger partial charge is 0.289 e. The highest BCUT2D eigenvalue weighted by Gasteiger charge is 2.29. The third kappa shape index (κ3) is 6.34. The number of nitrogens with one attached hydrogen (secondary N) is 3. The number of carbonyl (C=O) groups excluding carboxylic acids is 4. The second kappa shape index (κ2) is 10.4. The maximum absolute atomic E-state index is 12.6. The molecule has 0 spiro atoms. The van der Waals surface area contributed by atoms with E-state index in [9.17, 15) is 19.2 Å². The van der Waals surface area contributed by atoms with Crippen LogP contribution in [0.4, 0.5) is 0 Å². The Morgan fingerprint density at radius 1 is 1.08 bits per heavy atom. The van der Waals surface area contributed by atoms with E-state index in [-0.39, 0.29) is 18.1 Å². The van der Waals surface area contributed by atoms with E-state index in [1.807, 2.05) is 13.8 Å². The zero-order valence-corrected chi connectivity index (χ0v) is 15.6. The summed E-state index contributed by atoms with van der Waals surface area (Å²) >= 11 is 0. The van der Waals surface area contributed by atoms with Crippen molar-refractivity contribution in [1.82, 2.24) is 16.0 Å². The van der Waals surface area contributed by atoms with Crippen molar-refractivity contribution in [1.29, 1.82) is 0 Å². The Bertz CT molecular complexity index is 625. The molecule has 0 radical (unpaired) electrons. The lowest BCUT2D eigenvalue weighted by Crippen LogP contribution is -2.54. The van der Waals surface area contributed by atoms with Crippen LogP contribution in [0.25, 0.3) is 0 Å². The van der Waals surface area contributed by atoms with Gasteiger partial charge in [-0.15, -0.1) is 0 Å². The first-order valence-electron chi connectivity index (χ1n) is 8.76. The van der Waals surface area contributed by atoms with Crippen molar-refractivity contribution in [3.63, 3.8) is 0 Å². The van der Waals surface area contributed by atoms with E-state index in [1.54, 1.807) is 19.9 Å². The van der Waals surface area contributed by atoms with Crippen LogP contribution in [0.1, 0.15) is 51.1 Å². The number of likely N-dealkylation sites (N-methyl/N-ethyl adjacent to an activating group) is 1. The summed E-state index contributed by atoms with van der Waals surface area (Å²) in [4.78, 5) is 48.6. The first-order chi connectivity index (χ1) is 12.3. The molecule has 8 nitrogen and oxygen atoms in total. The molecule has 0 aliphatic heterocycles. The molecule has 1 aromatic rings. The van der Waals surface area contributed by atoms with Crippen LogP contribution in [0.2, 0.25) is 0 Å². The molecule has 0 bridgehead atoms. The van der Waals surface area contributed by atoms with Crippen molar-refractivity contribution >= 4 is 23.5 Å². The second-order valence-electron chi connectivity index (χ2n) is 6.33. The van der Waals surface area contributed by atoms with Crippen LogP contribution >= 0.6 is 0 Å². The van der Waals surface area contributed by atoms with Crippen LogP contribution < -0.4 is 16.0 Å². The van der Waals surface area contributed by atoms with Crippen LogP contribution in [0, 0.1) is 5.92 Å². The molecular weight excluding hydrogens is 338 g/mol. The molecule has 1 aromatic heterocycles. The number of hydrogen-bond donors (Lipinski definition) is 3. The number of Topliss-reactive ketones (excluding diaryl/α,β-unsaturated/α-hetero) is 1. The molecule has 0 saturated carbocycles. The topological polar surface area (TPSA) is 118 Å². The molecule has 0 aliphatic rings. The van der Waals surface area contributed by atoms with Gasteiger partial charge in [-0.2, -0.15) is 0 Å². The summed E-state index contributed by atoms with van der Waals surface area (Å²) in [5.41, 5.74) is 0. The molecule has 2 atom stereocenters. The number of rotatable bonds is 10. The number of carbonyl (C=O) groups is 4. The fourth-order valence-electron chi connectivity index (χ4n) is 2.37. The SMILES string of the molecule is CCNC(=O)C(=O)C(CC)NC(=O)[C@H](CC(C)C)NC(=O)c1ccco1. The Labute approximate surface area is 153 Å². The monoisotopic (exact) mass is 365 g/mol. The van der Waals surface area contributed by atoms with Gasteiger partial charge in [-0.05, 0) is 37.8 Å². The number of furan rings is 1. The van der Waals surface area contributed by atoms with E-state index in [1.165, 1.54) is 12.3 Å². The standard InChI is InChI=1S/C18H27N3O5/c1-5-12(15(22)18(25)19-6-2)20-16(23)13(10-11(3)4)21-17(24)14-8-7-9-26-14/h7-9,11-13H,5-6,10H2,1-4H3,(H,19,25)(H,20,23)(H,21,24)/t12?,13-/m0/s1. The zero-order valence-electron chi connectivity index (χ0n) is 15.6. The molecule has 3 amide bonds. The molecule has 0 aromatic carbocycles. The fraction of sp³-hybridized carbons (Fsp3) is 0.556. The van der Waals surface area contributed by atoms with Gasteiger partial charge in [0.1, 0.15) is 6.04 Å². The van der Waals surface area contributed by atoms with E-state index in [0.29, 0.717) is 13.0 Å². The average Bonchev–Trinajstić information content (AvgIpc) is 3.12. The van der Waals surface area contributed by atoms with Crippen LogP contribution in [0.5, 0.6) is 0 Å². The van der Waals surface area contributed by atoms with Gasteiger partial charge in [0.15, 0.2) is 5.76 Å². The quantitative estimate of drug-likeness (QED) is 0.535. The number of hydrogen-bond acceptors (Lipinski definition) is 5. The minimum Gasteiger partial charge on any atom is -0.459 e. The molecule has 1 heterocycles. The largest absolute Gasteiger partial charge is 0.459 e. The van der Waals surface area contributed by atoms with Gasteiger partial charge in [0.05, 0.1) is 12.3 Å². The van der Waals surface area contributed by atoms with Crippen molar-refractivity contribution in [2.75, 3.05) is 6.54 Å². The van der Waals surface area contributed by atoms with Gasteiger partial charge in [0, 0.05) is 6.54 Å². The van der Waals surface area contributed by atoms with Crippen molar-refractivity contribution < 1.29 is 23.6 Å². The van der Waals surface area contributed by atoms with Gasteiger partial charge in [-0.25, -0.2) is 0 Å². The minimum atomic E-state index is -0.941. The van der Waals surface area contributed by atoms with E-state index in [2.05, 4.69) is 16.0 Å². The predicted molar refractivity (Wildman–Crippen MR) is 95.3 cm³/mol. The molecule has 0 saturated heterocycles. The van der Waals surface area contributed by atoms with Gasteiger partial charge in [0.2, 0.25) is 11.7 Å². The van der Waals surface area contributed by atoms with E-state index in [0.717, 1.165) is 0 Å². The summed E-state index contributed by atoms with van der Waals surface area (Å²) in [6.07, 6.45) is 2.01. The summed E-state index contributed by atoms with van der Waals surface area (Å²) in [7, 11) is 0. The Hall–Kier alpha value is -2.64. The molecule has 26 heavy (non-hydrogen) atoms. The van der Waals surface area contributed by atoms with Crippen LogP contribution in [0.15, 0.2) is 22.8 Å². The lowest BCUT2D eigenvalue weighted by atomic mass is 10.0. The molecule has 1 rings (SSSR count). The fourth-order valence-corrected chi connectivity index (χ4v) is 2.37. The van der Waals surface area contributed by atoms with E-state index in [4.69, 9.17) is 4.42 Å². The average molecular weight is 365 g/mol. The van der Waals surface area contributed by atoms with Gasteiger partial charge in [-0.3, -0.25) is 19.2 Å². The second-order valence-corrected chi connectivity index (χ2v) is 6.33. The maximum Gasteiger partial charge on any atom is 0.289 e. The van der Waals surface area contributed by atoms with E-state index >= 15 is 0 Å². The summed E-state index contributed by atoms with van der Waals surface area (Å²) in [6.45, 7) is 7.55. The lowest BCUT2D eigenvalue weighted by Gasteiger charge is -2.22. The Morgan fingerprint density at radius 3 is 2.27 bits per heavy atom. The van der Waals surface area contributed by atoms with Crippen molar-refractivity contribution in [2.24, 2.45) is 5.92 Å². The van der Waals surface area contributed by atoms with E-state index < -0.39 is 35.6 Å². The Morgan fingerprint density at radius 2 is 1.77 bits per heavy atom. The summed E-state index contributed by atoms with van der Waals surface area (Å²) in [6, 6.07) is 1.28. The van der Waals surface area contributed by atoms with Gasteiger partial charge in [0.25, 0.3) is 11.8 Å². The van der Waals surface area contributed by atoms with Crippen LogP contribution in [0.3, 0.4) is 0 Å². The highest BCUT2D eigenvalue weighted by Crippen LogP contribution is 2.08. The van der Waals surface area contributed by atoms with Gasteiger partial charge >= 0.3 is 0 Å². The third-order valence-corrected chi connectivity index (χ3v) is 3.68. The lowest BCUT2D eigenvalue weighted by molar-refractivity contribution is -0.140.